The molecule has 3 rings (SSSR count). The molecule has 200 valence electrons. The van der Waals surface area contributed by atoms with E-state index in [1.165, 1.54) is 63.5 Å². The highest BCUT2D eigenvalue weighted by Crippen LogP contribution is 2.49. The molecule has 0 unspecified atom stereocenters. The molecule has 0 heterocycles. The van der Waals surface area contributed by atoms with Gasteiger partial charge in [0.05, 0.1) is 6.61 Å². The van der Waals surface area contributed by atoms with Gasteiger partial charge in [0.15, 0.2) is 0 Å². The second-order valence-electron chi connectivity index (χ2n) is 11.6. The van der Waals surface area contributed by atoms with E-state index in [9.17, 15) is 0 Å². The summed E-state index contributed by atoms with van der Waals surface area (Å²) in [5, 5.41) is 0. The highest BCUT2D eigenvalue weighted by atomic mass is 28.3. The number of ether oxygens (including phenoxy) is 1. The second-order valence-corrected chi connectivity index (χ2v) is 17.0. The third kappa shape index (κ3) is 8.16. The molecule has 2 aromatic carbocycles. The lowest BCUT2D eigenvalue weighted by Gasteiger charge is -2.29. The van der Waals surface area contributed by atoms with Gasteiger partial charge in [0.25, 0.3) is 5.92 Å². The number of unbranched alkanes of at least 4 members (excludes halogenated alkanes) is 7. The van der Waals surface area contributed by atoms with Crippen molar-refractivity contribution in [1.29, 1.82) is 0 Å². The van der Waals surface area contributed by atoms with E-state index >= 15 is 8.78 Å². The Morgan fingerprint density at radius 2 is 1.56 bits per heavy atom. The van der Waals surface area contributed by atoms with Crippen LogP contribution < -0.4 is 4.74 Å². The van der Waals surface area contributed by atoms with Crippen molar-refractivity contribution in [1.82, 2.24) is 0 Å². The molecule has 1 aliphatic carbocycles. The molecule has 2 aromatic rings. The van der Waals surface area contributed by atoms with Gasteiger partial charge in [-0.15, -0.1) is 0 Å². The fourth-order valence-electron chi connectivity index (χ4n) is 5.53. The average molecular weight is 515 g/mol. The Morgan fingerprint density at radius 1 is 0.833 bits per heavy atom. The zero-order chi connectivity index (χ0) is 26.0. The zero-order valence-corrected chi connectivity index (χ0v) is 24.2. The minimum absolute atomic E-state index is 0.179. The molecule has 4 heteroatoms. The highest BCUT2D eigenvalue weighted by Gasteiger charge is 2.40. The molecule has 0 fully saturated rings. The first kappa shape index (κ1) is 28.9. The maximum atomic E-state index is 15.2. The summed E-state index contributed by atoms with van der Waals surface area (Å²) >= 11 is 0. The van der Waals surface area contributed by atoms with E-state index in [4.69, 9.17) is 4.74 Å². The summed E-state index contributed by atoms with van der Waals surface area (Å²) < 4.78 is 36.7. The number of hydrogen-bond acceptors (Lipinski definition) is 1. The Bertz CT molecular complexity index is 953. The van der Waals surface area contributed by atoms with Crippen LogP contribution in [-0.2, 0) is 18.8 Å². The van der Waals surface area contributed by atoms with Crippen LogP contribution in [0.15, 0.2) is 36.4 Å². The van der Waals surface area contributed by atoms with E-state index in [1.807, 2.05) is 24.3 Å². The van der Waals surface area contributed by atoms with Gasteiger partial charge in [-0.2, -0.15) is 0 Å². The van der Waals surface area contributed by atoms with Crippen LogP contribution in [0.1, 0.15) is 94.7 Å². The number of benzene rings is 2. The SMILES string of the molecule is CCCCCCCCc1ccc2c(c1)C(F)(F)Cc1cccc(OCCCC[Si](C)(C)CCCC)c1-2. The van der Waals surface area contributed by atoms with E-state index in [0.717, 1.165) is 36.1 Å². The summed E-state index contributed by atoms with van der Waals surface area (Å²) in [5.41, 5.74) is 3.43. The van der Waals surface area contributed by atoms with E-state index in [2.05, 4.69) is 33.0 Å². The standard InChI is InChI=1S/C32H48F2OSi/c1-5-7-9-10-11-12-16-26-19-20-28-29(24-26)32(33,34)25-27-17-15-18-30(31(27)28)35-21-13-14-23-36(3,4)22-8-6-2/h15,17-20,24H,5-14,16,21-23,25H2,1-4H3. The van der Waals surface area contributed by atoms with Crippen LogP contribution in [0.5, 0.6) is 5.75 Å². The van der Waals surface area contributed by atoms with Crippen LogP contribution in [0, 0.1) is 0 Å². The van der Waals surface area contributed by atoms with Crippen molar-refractivity contribution in [3.8, 4) is 16.9 Å². The lowest BCUT2D eigenvalue weighted by Crippen LogP contribution is -2.24. The third-order valence-electron chi connectivity index (χ3n) is 7.80. The van der Waals surface area contributed by atoms with Gasteiger partial charge in [-0.3, -0.25) is 0 Å². The fraction of sp³-hybridized carbons (Fsp3) is 0.625. The molecule has 0 amide bonds. The summed E-state index contributed by atoms with van der Waals surface area (Å²) in [4.78, 5) is 0. The summed E-state index contributed by atoms with van der Waals surface area (Å²) in [7, 11) is -1.10. The molecule has 0 aromatic heterocycles. The van der Waals surface area contributed by atoms with Crippen molar-refractivity contribution in [2.24, 2.45) is 0 Å². The monoisotopic (exact) mass is 514 g/mol. The Balaban J connectivity index is 1.65. The molecule has 0 aliphatic heterocycles. The molecule has 0 atom stereocenters. The normalized spacial score (nSPS) is 14.4. The molecular weight excluding hydrogens is 466 g/mol. The topological polar surface area (TPSA) is 9.23 Å². The predicted octanol–water partition coefficient (Wildman–Crippen LogP) is 10.6. The molecule has 0 bridgehead atoms. The summed E-state index contributed by atoms with van der Waals surface area (Å²) in [5.74, 6) is -2.08. The minimum atomic E-state index is -2.84. The van der Waals surface area contributed by atoms with Gasteiger partial charge in [-0.25, -0.2) is 8.78 Å². The first-order chi connectivity index (χ1) is 17.3. The van der Waals surface area contributed by atoms with Gasteiger partial charge in [-0.1, -0.05) is 115 Å². The van der Waals surface area contributed by atoms with Gasteiger partial charge in [0.2, 0.25) is 0 Å². The number of aryl methyl sites for hydroxylation is 1. The third-order valence-corrected chi connectivity index (χ3v) is 11.2. The summed E-state index contributed by atoms with van der Waals surface area (Å²) in [6.45, 7) is 10.1. The van der Waals surface area contributed by atoms with Crippen LogP contribution in [0.3, 0.4) is 0 Å². The van der Waals surface area contributed by atoms with Crippen LogP contribution in [0.25, 0.3) is 11.1 Å². The minimum Gasteiger partial charge on any atom is -0.493 e. The number of fused-ring (bicyclic) bond motifs is 3. The van der Waals surface area contributed by atoms with Crippen molar-refractivity contribution in [3.05, 3.63) is 53.1 Å². The van der Waals surface area contributed by atoms with Gasteiger partial charge in [-0.05, 0) is 48.1 Å². The molecule has 36 heavy (non-hydrogen) atoms. The lowest BCUT2D eigenvalue weighted by molar-refractivity contribution is -0.00495. The maximum Gasteiger partial charge on any atom is 0.277 e. The van der Waals surface area contributed by atoms with Gasteiger partial charge < -0.3 is 4.74 Å². The van der Waals surface area contributed by atoms with E-state index in [-0.39, 0.29) is 12.0 Å². The Kier molecular flexibility index (Phi) is 11.0. The Labute approximate surface area is 220 Å². The number of hydrogen-bond donors (Lipinski definition) is 0. The summed E-state index contributed by atoms with van der Waals surface area (Å²) in [6, 6.07) is 14.1. The molecule has 0 saturated carbocycles. The van der Waals surface area contributed by atoms with Gasteiger partial charge in [0, 0.05) is 25.6 Å². The smallest absolute Gasteiger partial charge is 0.277 e. The van der Waals surface area contributed by atoms with Gasteiger partial charge in [0.1, 0.15) is 5.75 Å². The van der Waals surface area contributed by atoms with Crippen molar-refractivity contribution < 1.29 is 13.5 Å². The Hall–Kier alpha value is -1.68. The van der Waals surface area contributed by atoms with Crippen molar-refractivity contribution >= 4 is 8.07 Å². The number of alkyl halides is 2. The van der Waals surface area contributed by atoms with Crippen LogP contribution in [0.4, 0.5) is 8.78 Å². The molecule has 1 aliphatic rings. The van der Waals surface area contributed by atoms with Crippen molar-refractivity contribution in [2.45, 2.75) is 122 Å². The lowest BCUT2D eigenvalue weighted by atomic mass is 9.81. The maximum absolute atomic E-state index is 15.2. The first-order valence-electron chi connectivity index (χ1n) is 14.5. The predicted molar refractivity (Wildman–Crippen MR) is 153 cm³/mol. The fourth-order valence-corrected chi connectivity index (χ4v) is 8.30. The number of halogens is 2. The van der Waals surface area contributed by atoms with E-state index in [0.29, 0.717) is 17.7 Å². The number of rotatable bonds is 16. The Morgan fingerprint density at radius 3 is 2.33 bits per heavy atom. The molecule has 0 radical (unpaired) electrons. The van der Waals surface area contributed by atoms with Crippen LogP contribution in [0.2, 0.25) is 25.2 Å². The zero-order valence-electron chi connectivity index (χ0n) is 23.2. The van der Waals surface area contributed by atoms with Gasteiger partial charge >= 0.3 is 0 Å². The molecular formula is C32H48F2OSi. The summed E-state index contributed by atoms with van der Waals surface area (Å²) in [6.07, 6.45) is 12.7. The highest BCUT2D eigenvalue weighted by molar-refractivity contribution is 6.77. The van der Waals surface area contributed by atoms with E-state index < -0.39 is 14.0 Å². The average Bonchev–Trinajstić information content (AvgIpc) is 2.84. The molecule has 0 N–H and O–H groups in total. The molecule has 1 nitrogen and oxygen atoms in total. The second kappa shape index (κ2) is 13.7. The van der Waals surface area contributed by atoms with Crippen LogP contribution >= 0.6 is 0 Å². The van der Waals surface area contributed by atoms with Crippen molar-refractivity contribution in [2.75, 3.05) is 6.61 Å². The largest absolute Gasteiger partial charge is 0.493 e. The first-order valence-corrected chi connectivity index (χ1v) is 17.9. The van der Waals surface area contributed by atoms with Crippen LogP contribution in [-0.4, -0.2) is 14.7 Å². The molecule has 0 saturated heterocycles. The quantitative estimate of drug-likeness (QED) is 0.160. The van der Waals surface area contributed by atoms with Crippen molar-refractivity contribution in [3.63, 3.8) is 0 Å². The molecule has 0 spiro atoms. The van der Waals surface area contributed by atoms with E-state index in [1.54, 1.807) is 6.07 Å².